The van der Waals surface area contributed by atoms with E-state index in [9.17, 15) is 33.9 Å². The Kier molecular flexibility index (Phi) is 12.9. The molecule has 0 aromatic carbocycles. The van der Waals surface area contributed by atoms with Crippen molar-refractivity contribution in [2.75, 3.05) is 5.75 Å². The van der Waals surface area contributed by atoms with Crippen LogP contribution in [0.1, 0.15) is 32.6 Å². The number of aliphatic carboxylic acids is 1. The van der Waals surface area contributed by atoms with Gasteiger partial charge in [-0.25, -0.2) is 4.79 Å². The van der Waals surface area contributed by atoms with E-state index in [4.69, 9.17) is 22.3 Å². The Morgan fingerprint density at radius 2 is 1.34 bits per heavy atom. The number of thiol groups is 1. The molecule has 0 aromatic rings. The molecule has 5 unspecified atom stereocenters. The molecule has 32 heavy (non-hydrogen) atoms. The van der Waals surface area contributed by atoms with Crippen molar-refractivity contribution >= 4 is 48.1 Å². The molecule has 0 aliphatic carbocycles. The van der Waals surface area contributed by atoms with Crippen molar-refractivity contribution in [3.8, 4) is 0 Å². The van der Waals surface area contributed by atoms with Gasteiger partial charge in [0.05, 0.1) is 12.1 Å². The molecular weight excluding hydrogens is 448 g/mol. The molecule has 0 rings (SSSR count). The van der Waals surface area contributed by atoms with Gasteiger partial charge in [0.15, 0.2) is 0 Å². The van der Waals surface area contributed by atoms with Gasteiger partial charge in [-0.05, 0) is 19.8 Å². The van der Waals surface area contributed by atoms with E-state index >= 15 is 0 Å². The lowest BCUT2D eigenvalue weighted by molar-refractivity contribution is -0.142. The number of carboxylic acid groups (broad SMARTS) is 1. The van der Waals surface area contributed by atoms with Gasteiger partial charge in [0.2, 0.25) is 29.5 Å². The third-order valence-corrected chi connectivity index (χ3v) is 4.58. The van der Waals surface area contributed by atoms with Gasteiger partial charge in [-0.3, -0.25) is 24.0 Å². The van der Waals surface area contributed by atoms with Crippen LogP contribution < -0.4 is 33.2 Å². The average Bonchev–Trinajstić information content (AvgIpc) is 2.69. The Hall–Kier alpha value is -2.91. The van der Waals surface area contributed by atoms with Gasteiger partial charge in [0.25, 0.3) is 0 Å². The SMILES string of the molecule is CC(O)C(NC(=O)C(CCC(N)=O)NC(=O)C(N)CCC(N)=O)C(=O)NC(CS)C(=O)O. The molecule has 0 heterocycles. The summed E-state index contributed by atoms with van der Waals surface area (Å²) in [5, 5.41) is 25.5. The predicted molar refractivity (Wildman–Crippen MR) is 114 cm³/mol. The second-order valence-corrected chi connectivity index (χ2v) is 7.35. The van der Waals surface area contributed by atoms with Crippen molar-refractivity contribution in [3.63, 3.8) is 0 Å². The maximum absolute atomic E-state index is 12.7. The molecule has 15 heteroatoms. The minimum atomic E-state index is -1.58. The van der Waals surface area contributed by atoms with Crippen LogP contribution >= 0.6 is 12.6 Å². The molecule has 0 aliphatic rings. The second kappa shape index (κ2) is 14.2. The Morgan fingerprint density at radius 1 is 0.844 bits per heavy atom. The number of aliphatic hydroxyl groups excluding tert-OH is 1. The highest BCUT2D eigenvalue weighted by atomic mass is 32.1. The molecule has 0 radical (unpaired) electrons. The van der Waals surface area contributed by atoms with E-state index in [1.54, 1.807) is 0 Å². The van der Waals surface area contributed by atoms with Gasteiger partial charge < -0.3 is 43.4 Å². The number of carboxylic acids is 1. The third-order valence-electron chi connectivity index (χ3n) is 4.21. The van der Waals surface area contributed by atoms with E-state index in [1.165, 1.54) is 6.92 Å². The smallest absolute Gasteiger partial charge is 0.327 e. The largest absolute Gasteiger partial charge is 0.480 e. The first kappa shape index (κ1) is 29.1. The Balaban J connectivity index is 5.38. The van der Waals surface area contributed by atoms with Crippen LogP contribution in [0, 0.1) is 0 Å². The highest BCUT2D eigenvalue weighted by Gasteiger charge is 2.32. The lowest BCUT2D eigenvalue weighted by Gasteiger charge is -2.26. The molecule has 0 spiro atoms. The number of aliphatic hydroxyl groups is 1. The number of hydrogen-bond donors (Lipinski definition) is 9. The van der Waals surface area contributed by atoms with E-state index in [1.807, 2.05) is 0 Å². The van der Waals surface area contributed by atoms with Gasteiger partial charge in [0.1, 0.15) is 18.1 Å². The minimum Gasteiger partial charge on any atom is -0.480 e. The van der Waals surface area contributed by atoms with Crippen molar-refractivity contribution in [3.05, 3.63) is 0 Å². The number of hydrogen-bond acceptors (Lipinski definition) is 9. The summed E-state index contributed by atoms with van der Waals surface area (Å²) < 4.78 is 0. The molecular formula is C17H30N6O8S. The molecule has 5 amide bonds. The predicted octanol–water partition coefficient (Wildman–Crippen LogP) is -4.31. The van der Waals surface area contributed by atoms with Gasteiger partial charge in [0, 0.05) is 18.6 Å². The lowest BCUT2D eigenvalue weighted by atomic mass is 10.1. The zero-order chi connectivity index (χ0) is 25.0. The van der Waals surface area contributed by atoms with E-state index in [0.717, 1.165) is 0 Å². The molecule has 0 saturated heterocycles. The maximum Gasteiger partial charge on any atom is 0.327 e. The molecule has 14 nitrogen and oxygen atoms in total. The van der Waals surface area contributed by atoms with Crippen molar-refractivity contribution in [2.45, 2.75) is 62.9 Å². The number of carbonyl (C=O) groups excluding carboxylic acids is 5. The fourth-order valence-electron chi connectivity index (χ4n) is 2.37. The van der Waals surface area contributed by atoms with Crippen LogP contribution in [-0.2, 0) is 28.8 Å². The maximum atomic E-state index is 12.7. The number of nitrogens with two attached hydrogens (primary N) is 3. The number of rotatable bonds is 15. The van der Waals surface area contributed by atoms with Crippen molar-refractivity contribution in [2.24, 2.45) is 17.2 Å². The van der Waals surface area contributed by atoms with Crippen LogP contribution in [0.4, 0.5) is 0 Å². The lowest BCUT2D eigenvalue weighted by Crippen LogP contribution is -2.60. The van der Waals surface area contributed by atoms with Crippen LogP contribution in [0.2, 0.25) is 0 Å². The second-order valence-electron chi connectivity index (χ2n) is 6.99. The highest BCUT2D eigenvalue weighted by molar-refractivity contribution is 7.80. The molecule has 0 fully saturated rings. The quantitative estimate of drug-likeness (QED) is 0.103. The summed E-state index contributed by atoms with van der Waals surface area (Å²) in [4.78, 5) is 70.3. The number of amides is 5. The summed E-state index contributed by atoms with van der Waals surface area (Å²) >= 11 is 3.81. The number of carbonyl (C=O) groups is 6. The molecule has 5 atom stereocenters. The van der Waals surface area contributed by atoms with E-state index in [-0.39, 0.29) is 31.4 Å². The normalized spacial score (nSPS) is 15.4. The molecule has 0 bridgehead atoms. The minimum absolute atomic E-state index is 0.0929. The van der Waals surface area contributed by atoms with Gasteiger partial charge in [-0.1, -0.05) is 0 Å². The number of nitrogens with one attached hydrogen (secondary N) is 3. The fourth-order valence-corrected chi connectivity index (χ4v) is 2.62. The summed E-state index contributed by atoms with van der Waals surface area (Å²) in [7, 11) is 0. The van der Waals surface area contributed by atoms with E-state index in [2.05, 4.69) is 28.6 Å². The molecule has 0 aromatic heterocycles. The monoisotopic (exact) mass is 478 g/mol. The van der Waals surface area contributed by atoms with Crippen LogP contribution in [0.3, 0.4) is 0 Å². The van der Waals surface area contributed by atoms with E-state index < -0.39 is 65.8 Å². The topological polar surface area (TPSA) is 257 Å². The Labute approximate surface area is 189 Å². The average molecular weight is 479 g/mol. The van der Waals surface area contributed by atoms with E-state index in [0.29, 0.717) is 0 Å². The molecule has 0 aliphatic heterocycles. The summed E-state index contributed by atoms with van der Waals surface area (Å²) in [6, 6.07) is -5.52. The Bertz CT molecular complexity index is 719. The molecule has 182 valence electrons. The molecule has 11 N–H and O–H groups in total. The van der Waals surface area contributed by atoms with Crippen LogP contribution in [0.25, 0.3) is 0 Å². The standard InChI is InChI=1S/C17H30N6O8S/c1-7(24)13(16(29)22-10(6-32)17(30)31)23-15(28)9(3-5-12(20)26)21-14(27)8(18)2-4-11(19)25/h7-10,13,24,32H,2-6,18H2,1H3,(H2,19,25)(H2,20,26)(H,21,27)(H,22,29)(H,23,28)(H,30,31). The van der Waals surface area contributed by atoms with Crippen molar-refractivity contribution in [1.82, 2.24) is 16.0 Å². The first-order valence-electron chi connectivity index (χ1n) is 9.55. The molecule has 0 saturated carbocycles. The van der Waals surface area contributed by atoms with Crippen molar-refractivity contribution in [1.29, 1.82) is 0 Å². The summed E-state index contributed by atoms with van der Waals surface area (Å²) in [5.74, 6) is -5.85. The number of primary amides is 2. The van der Waals surface area contributed by atoms with Gasteiger partial charge in [-0.15, -0.1) is 0 Å². The van der Waals surface area contributed by atoms with Crippen molar-refractivity contribution < 1.29 is 39.0 Å². The summed E-state index contributed by atoms with van der Waals surface area (Å²) in [5.41, 5.74) is 15.7. The third kappa shape index (κ3) is 10.9. The zero-order valence-corrected chi connectivity index (χ0v) is 18.3. The van der Waals surface area contributed by atoms with Crippen LogP contribution in [0.5, 0.6) is 0 Å². The highest BCUT2D eigenvalue weighted by Crippen LogP contribution is 2.04. The van der Waals surface area contributed by atoms with Crippen LogP contribution in [0.15, 0.2) is 0 Å². The zero-order valence-electron chi connectivity index (χ0n) is 17.4. The summed E-state index contributed by atoms with van der Waals surface area (Å²) in [6.45, 7) is 1.18. The first-order chi connectivity index (χ1) is 14.8. The fraction of sp³-hybridized carbons (Fsp3) is 0.647. The Morgan fingerprint density at radius 3 is 1.78 bits per heavy atom. The van der Waals surface area contributed by atoms with Gasteiger partial charge in [-0.2, -0.15) is 12.6 Å². The van der Waals surface area contributed by atoms with Gasteiger partial charge >= 0.3 is 5.97 Å². The first-order valence-corrected chi connectivity index (χ1v) is 10.2. The van der Waals surface area contributed by atoms with Crippen LogP contribution in [-0.4, -0.2) is 81.7 Å². The summed E-state index contributed by atoms with van der Waals surface area (Å²) in [6.07, 6.45) is -2.27.